The van der Waals surface area contributed by atoms with Gasteiger partial charge in [-0.2, -0.15) is 0 Å². The van der Waals surface area contributed by atoms with E-state index in [0.29, 0.717) is 28.6 Å². The van der Waals surface area contributed by atoms with Crippen LogP contribution in [0.5, 0.6) is 0 Å². The lowest BCUT2D eigenvalue weighted by atomic mass is 10.1. The highest BCUT2D eigenvalue weighted by Gasteiger charge is 2.30. The zero-order chi connectivity index (χ0) is 22.3. The van der Waals surface area contributed by atoms with Crippen molar-refractivity contribution in [1.29, 1.82) is 0 Å². The molecule has 0 radical (unpaired) electrons. The van der Waals surface area contributed by atoms with E-state index in [0.717, 1.165) is 0 Å². The minimum Gasteiger partial charge on any atom is -0.355 e. The first-order chi connectivity index (χ1) is 14.3. The van der Waals surface area contributed by atoms with Gasteiger partial charge in [-0.25, -0.2) is 0 Å². The predicted octanol–water partition coefficient (Wildman–Crippen LogP) is 4.39. The third-order valence-corrected chi connectivity index (χ3v) is 5.21. The SMILES string of the molecule is CCNC(=O)[C@@H](CC)N(Cc1ccc(Cl)cc1Cl)C(=O)Cc1ccccc1[N+](=O)[O-]. The van der Waals surface area contributed by atoms with Gasteiger partial charge in [-0.1, -0.05) is 54.4 Å². The van der Waals surface area contributed by atoms with Crippen molar-refractivity contribution >= 4 is 40.7 Å². The van der Waals surface area contributed by atoms with Crippen molar-refractivity contribution in [3.05, 3.63) is 73.8 Å². The highest BCUT2D eigenvalue weighted by Crippen LogP contribution is 2.25. The number of benzene rings is 2. The highest BCUT2D eigenvalue weighted by atomic mass is 35.5. The van der Waals surface area contributed by atoms with Gasteiger partial charge in [0.1, 0.15) is 6.04 Å². The summed E-state index contributed by atoms with van der Waals surface area (Å²) in [6.45, 7) is 4.09. The fourth-order valence-electron chi connectivity index (χ4n) is 3.15. The molecule has 9 heteroatoms. The number of para-hydroxylation sites is 1. The summed E-state index contributed by atoms with van der Waals surface area (Å²) in [6, 6.07) is 10.2. The van der Waals surface area contributed by atoms with Crippen LogP contribution in [0.1, 0.15) is 31.4 Å². The predicted molar refractivity (Wildman–Crippen MR) is 117 cm³/mol. The van der Waals surface area contributed by atoms with E-state index in [2.05, 4.69) is 5.32 Å². The quantitative estimate of drug-likeness (QED) is 0.451. The van der Waals surface area contributed by atoms with Crippen molar-refractivity contribution in [1.82, 2.24) is 10.2 Å². The van der Waals surface area contributed by atoms with Gasteiger partial charge in [0.2, 0.25) is 11.8 Å². The molecule has 0 heterocycles. The molecule has 0 unspecified atom stereocenters. The zero-order valence-electron chi connectivity index (χ0n) is 16.7. The van der Waals surface area contributed by atoms with E-state index in [1.54, 1.807) is 44.2 Å². The van der Waals surface area contributed by atoms with Crippen molar-refractivity contribution < 1.29 is 14.5 Å². The van der Waals surface area contributed by atoms with Crippen LogP contribution in [0.4, 0.5) is 5.69 Å². The maximum absolute atomic E-state index is 13.2. The molecule has 30 heavy (non-hydrogen) atoms. The van der Waals surface area contributed by atoms with Crippen LogP contribution in [0.2, 0.25) is 10.0 Å². The van der Waals surface area contributed by atoms with E-state index in [4.69, 9.17) is 23.2 Å². The second-order valence-electron chi connectivity index (χ2n) is 6.64. The molecule has 0 saturated carbocycles. The lowest BCUT2D eigenvalue weighted by Crippen LogP contribution is -2.49. The minimum absolute atomic E-state index is 0.0745. The summed E-state index contributed by atoms with van der Waals surface area (Å²) >= 11 is 12.2. The molecule has 1 N–H and O–H groups in total. The number of carbonyl (C=O) groups is 2. The molecule has 2 amide bonds. The van der Waals surface area contributed by atoms with Crippen LogP contribution in [0.25, 0.3) is 0 Å². The molecule has 2 aromatic rings. The van der Waals surface area contributed by atoms with Gasteiger partial charge in [0.25, 0.3) is 5.69 Å². The Bertz CT molecular complexity index is 936. The van der Waals surface area contributed by atoms with Crippen molar-refractivity contribution in [2.45, 2.75) is 39.3 Å². The zero-order valence-corrected chi connectivity index (χ0v) is 18.2. The summed E-state index contributed by atoms with van der Waals surface area (Å²) in [5.74, 6) is -0.700. The first-order valence-corrected chi connectivity index (χ1v) is 10.3. The molecule has 0 fully saturated rings. The summed E-state index contributed by atoms with van der Waals surface area (Å²) in [7, 11) is 0. The van der Waals surface area contributed by atoms with Crippen LogP contribution in [0.3, 0.4) is 0 Å². The number of nitrogens with one attached hydrogen (secondary N) is 1. The number of nitrogens with zero attached hydrogens (tertiary/aromatic N) is 2. The molecule has 0 saturated heterocycles. The number of halogens is 2. The van der Waals surface area contributed by atoms with Gasteiger partial charge in [-0.3, -0.25) is 19.7 Å². The minimum atomic E-state index is -0.744. The van der Waals surface area contributed by atoms with Crippen LogP contribution < -0.4 is 5.32 Å². The number of hydrogen-bond acceptors (Lipinski definition) is 4. The topological polar surface area (TPSA) is 92.6 Å². The molecular weight excluding hydrogens is 429 g/mol. The van der Waals surface area contributed by atoms with E-state index >= 15 is 0 Å². The fourth-order valence-corrected chi connectivity index (χ4v) is 3.62. The Morgan fingerprint density at radius 3 is 2.43 bits per heavy atom. The molecule has 7 nitrogen and oxygen atoms in total. The average molecular weight is 452 g/mol. The highest BCUT2D eigenvalue weighted by molar-refractivity contribution is 6.35. The van der Waals surface area contributed by atoms with Crippen molar-refractivity contribution in [2.24, 2.45) is 0 Å². The summed E-state index contributed by atoms with van der Waals surface area (Å²) in [4.78, 5) is 38.0. The third-order valence-electron chi connectivity index (χ3n) is 4.62. The lowest BCUT2D eigenvalue weighted by molar-refractivity contribution is -0.385. The van der Waals surface area contributed by atoms with Crippen molar-refractivity contribution in [2.75, 3.05) is 6.54 Å². The Morgan fingerprint density at radius 2 is 1.83 bits per heavy atom. The van der Waals surface area contributed by atoms with Gasteiger partial charge in [0.15, 0.2) is 0 Å². The number of carbonyl (C=O) groups excluding carboxylic acids is 2. The number of nitro groups is 1. The van der Waals surface area contributed by atoms with Gasteiger partial charge >= 0.3 is 0 Å². The molecule has 0 spiro atoms. The van der Waals surface area contributed by atoms with Crippen LogP contribution in [0, 0.1) is 10.1 Å². The van der Waals surface area contributed by atoms with Crippen LogP contribution >= 0.6 is 23.2 Å². The molecular formula is C21H23Cl2N3O4. The first kappa shape index (κ1) is 23.6. The number of hydrogen-bond donors (Lipinski definition) is 1. The largest absolute Gasteiger partial charge is 0.355 e. The van der Waals surface area contributed by atoms with Gasteiger partial charge < -0.3 is 10.2 Å². The summed E-state index contributed by atoms with van der Waals surface area (Å²) in [6.07, 6.45) is 0.165. The Balaban J connectivity index is 2.40. The van der Waals surface area contributed by atoms with E-state index in [-0.39, 0.29) is 30.1 Å². The van der Waals surface area contributed by atoms with Gasteiger partial charge in [-0.15, -0.1) is 0 Å². The summed E-state index contributed by atoms with van der Waals surface area (Å²) < 4.78 is 0. The van der Waals surface area contributed by atoms with Crippen LogP contribution in [0.15, 0.2) is 42.5 Å². The maximum Gasteiger partial charge on any atom is 0.273 e. The maximum atomic E-state index is 13.2. The monoisotopic (exact) mass is 451 g/mol. The molecule has 2 aromatic carbocycles. The summed E-state index contributed by atoms with van der Waals surface area (Å²) in [5.41, 5.74) is 0.770. The van der Waals surface area contributed by atoms with Crippen molar-refractivity contribution in [3.63, 3.8) is 0 Å². The van der Waals surface area contributed by atoms with Crippen LogP contribution in [-0.2, 0) is 22.6 Å². The number of amides is 2. The van der Waals surface area contributed by atoms with Crippen molar-refractivity contribution in [3.8, 4) is 0 Å². The molecule has 160 valence electrons. The standard InChI is InChI=1S/C21H23Cl2N3O4/c1-3-18(21(28)24-4-2)25(13-15-9-10-16(22)12-17(15)23)20(27)11-14-7-5-6-8-19(14)26(29)30/h5-10,12,18H,3-4,11,13H2,1-2H3,(H,24,28)/t18-/m1/s1. The van der Waals surface area contributed by atoms with Crippen LogP contribution in [-0.4, -0.2) is 34.2 Å². The fraction of sp³-hybridized carbons (Fsp3) is 0.333. The Morgan fingerprint density at radius 1 is 1.13 bits per heavy atom. The summed E-state index contributed by atoms with van der Waals surface area (Å²) in [5, 5.41) is 14.9. The van der Waals surface area contributed by atoms with E-state index in [1.807, 2.05) is 0 Å². The second kappa shape index (κ2) is 10.9. The molecule has 0 bridgehead atoms. The van der Waals surface area contributed by atoms with E-state index < -0.39 is 16.9 Å². The number of likely N-dealkylation sites (N-methyl/N-ethyl adjacent to an activating group) is 1. The number of rotatable bonds is 9. The molecule has 0 aromatic heterocycles. The molecule has 2 rings (SSSR count). The first-order valence-electron chi connectivity index (χ1n) is 9.51. The van der Waals surface area contributed by atoms with Gasteiger partial charge in [-0.05, 0) is 31.0 Å². The average Bonchev–Trinajstić information content (AvgIpc) is 2.69. The normalized spacial score (nSPS) is 11.6. The molecule has 1 atom stereocenters. The third kappa shape index (κ3) is 5.93. The van der Waals surface area contributed by atoms with Gasteiger partial charge in [0.05, 0.1) is 11.3 Å². The Kier molecular flexibility index (Phi) is 8.62. The molecule has 0 aliphatic carbocycles. The Hall–Kier alpha value is -2.64. The lowest BCUT2D eigenvalue weighted by Gasteiger charge is -2.31. The smallest absolute Gasteiger partial charge is 0.273 e. The van der Waals surface area contributed by atoms with Gasteiger partial charge in [0, 0.05) is 34.8 Å². The molecule has 0 aliphatic rings. The Labute approximate surface area is 185 Å². The van der Waals surface area contributed by atoms with E-state index in [1.165, 1.54) is 17.0 Å². The number of nitro benzene ring substituents is 1. The van der Waals surface area contributed by atoms with E-state index in [9.17, 15) is 19.7 Å². The second-order valence-corrected chi connectivity index (χ2v) is 7.48. The molecule has 0 aliphatic heterocycles.